The average Bonchev–Trinajstić information content (AvgIpc) is 2.33. The molecule has 0 aliphatic heterocycles. The maximum absolute atomic E-state index is 10.3. The number of hydrogen-bond donors (Lipinski definition) is 1. The van der Waals surface area contributed by atoms with Gasteiger partial charge in [-0.15, -0.1) is 0 Å². The number of aliphatic hydroxyl groups excluding tert-OH is 1. The summed E-state index contributed by atoms with van der Waals surface area (Å²) < 4.78 is 5.50. The molecule has 0 fully saturated rings. The van der Waals surface area contributed by atoms with Crippen molar-refractivity contribution in [3.63, 3.8) is 0 Å². The molecule has 0 aromatic heterocycles. The Morgan fingerprint density at radius 1 is 1.20 bits per heavy atom. The van der Waals surface area contributed by atoms with Gasteiger partial charge in [0.2, 0.25) is 0 Å². The van der Waals surface area contributed by atoms with Gasteiger partial charge in [0.15, 0.2) is 0 Å². The Kier molecular flexibility index (Phi) is 4.30. The molecule has 1 aromatic carbocycles. The van der Waals surface area contributed by atoms with Gasteiger partial charge in [-0.1, -0.05) is 44.2 Å². The van der Waals surface area contributed by atoms with Gasteiger partial charge in [-0.25, -0.2) is 0 Å². The summed E-state index contributed by atoms with van der Waals surface area (Å²) in [5.41, 5.74) is 0.463. The van der Waals surface area contributed by atoms with E-state index in [-0.39, 0.29) is 0 Å². The Morgan fingerprint density at radius 2 is 1.73 bits per heavy atom. The van der Waals surface area contributed by atoms with Crippen LogP contribution in [0.2, 0.25) is 0 Å². The molecule has 1 atom stereocenters. The third-order valence-electron chi connectivity index (χ3n) is 3.22. The first-order valence-electron chi connectivity index (χ1n) is 5.48. The number of aliphatic hydroxyl groups is 1. The summed E-state index contributed by atoms with van der Waals surface area (Å²) in [5, 5.41) is 10.3. The quantitative estimate of drug-likeness (QED) is 0.806. The fourth-order valence-electron chi connectivity index (χ4n) is 1.98. The number of hydrogen-bond acceptors (Lipinski definition) is 2. The van der Waals surface area contributed by atoms with Crippen LogP contribution in [-0.2, 0) is 4.74 Å². The highest BCUT2D eigenvalue weighted by Gasteiger charge is 2.35. The molecule has 1 N–H and O–H groups in total. The van der Waals surface area contributed by atoms with Gasteiger partial charge in [0, 0.05) is 7.11 Å². The van der Waals surface area contributed by atoms with Crippen molar-refractivity contribution in [2.75, 3.05) is 7.11 Å². The SMILES string of the molecule is CCC(CC)(OC)C(O)c1ccccc1. The summed E-state index contributed by atoms with van der Waals surface area (Å²) in [5.74, 6) is 0. The van der Waals surface area contributed by atoms with Gasteiger partial charge in [0.05, 0.1) is 5.60 Å². The fraction of sp³-hybridized carbons (Fsp3) is 0.538. The molecule has 1 rings (SSSR count). The first-order valence-corrected chi connectivity index (χ1v) is 5.48. The second-order valence-electron chi connectivity index (χ2n) is 3.79. The van der Waals surface area contributed by atoms with Crippen LogP contribution in [0.4, 0.5) is 0 Å². The molecule has 0 aliphatic carbocycles. The van der Waals surface area contributed by atoms with Gasteiger partial charge in [-0.3, -0.25) is 0 Å². The van der Waals surface area contributed by atoms with Gasteiger partial charge in [-0.2, -0.15) is 0 Å². The monoisotopic (exact) mass is 208 g/mol. The van der Waals surface area contributed by atoms with Crippen LogP contribution in [0.3, 0.4) is 0 Å². The predicted molar refractivity (Wildman–Crippen MR) is 61.7 cm³/mol. The molecule has 0 amide bonds. The maximum atomic E-state index is 10.3. The van der Waals surface area contributed by atoms with E-state index in [0.29, 0.717) is 0 Å². The second-order valence-corrected chi connectivity index (χ2v) is 3.79. The molecule has 15 heavy (non-hydrogen) atoms. The predicted octanol–water partition coefficient (Wildman–Crippen LogP) is 2.93. The molecule has 0 saturated carbocycles. The minimum atomic E-state index is -0.557. The minimum Gasteiger partial charge on any atom is -0.385 e. The Balaban J connectivity index is 2.95. The van der Waals surface area contributed by atoms with Gasteiger partial charge in [-0.05, 0) is 18.4 Å². The number of rotatable bonds is 5. The molecule has 0 bridgehead atoms. The third-order valence-corrected chi connectivity index (χ3v) is 3.22. The zero-order valence-electron chi connectivity index (χ0n) is 9.73. The molecular formula is C13H20O2. The van der Waals surface area contributed by atoms with E-state index in [1.807, 2.05) is 44.2 Å². The Morgan fingerprint density at radius 3 is 2.13 bits per heavy atom. The van der Waals surface area contributed by atoms with Crippen molar-refractivity contribution in [2.45, 2.75) is 38.4 Å². The standard InChI is InChI=1S/C13H20O2/c1-4-13(5-2,15-3)12(14)11-9-7-6-8-10-11/h6-10,12,14H,4-5H2,1-3H3. The third kappa shape index (κ3) is 2.39. The van der Waals surface area contributed by atoms with Crippen LogP contribution in [0.15, 0.2) is 30.3 Å². The smallest absolute Gasteiger partial charge is 0.108 e. The van der Waals surface area contributed by atoms with Crippen molar-refractivity contribution in [3.05, 3.63) is 35.9 Å². The lowest BCUT2D eigenvalue weighted by Crippen LogP contribution is -2.37. The normalized spacial score (nSPS) is 13.9. The summed E-state index contributed by atoms with van der Waals surface area (Å²) in [6.45, 7) is 4.08. The van der Waals surface area contributed by atoms with E-state index in [1.54, 1.807) is 7.11 Å². The highest BCUT2D eigenvalue weighted by Crippen LogP contribution is 2.34. The van der Waals surface area contributed by atoms with Gasteiger partial charge < -0.3 is 9.84 Å². The number of ether oxygens (including phenoxy) is 1. The van der Waals surface area contributed by atoms with Crippen LogP contribution >= 0.6 is 0 Å². The zero-order valence-corrected chi connectivity index (χ0v) is 9.73. The Hall–Kier alpha value is -0.860. The maximum Gasteiger partial charge on any atom is 0.108 e. The lowest BCUT2D eigenvalue weighted by molar-refractivity contribution is -0.109. The van der Waals surface area contributed by atoms with Gasteiger partial charge in [0.25, 0.3) is 0 Å². The largest absolute Gasteiger partial charge is 0.385 e. The topological polar surface area (TPSA) is 29.5 Å². The molecule has 0 radical (unpaired) electrons. The minimum absolute atomic E-state index is 0.457. The van der Waals surface area contributed by atoms with Crippen molar-refractivity contribution in [1.82, 2.24) is 0 Å². The van der Waals surface area contributed by atoms with E-state index in [1.165, 1.54) is 0 Å². The lowest BCUT2D eigenvalue weighted by Gasteiger charge is -2.35. The Bertz CT molecular complexity index is 270. The molecule has 84 valence electrons. The highest BCUT2D eigenvalue weighted by molar-refractivity contribution is 5.20. The van der Waals surface area contributed by atoms with Crippen LogP contribution < -0.4 is 0 Å². The van der Waals surface area contributed by atoms with Crippen LogP contribution in [0.5, 0.6) is 0 Å². The first-order chi connectivity index (χ1) is 7.20. The summed E-state index contributed by atoms with van der Waals surface area (Å²) >= 11 is 0. The summed E-state index contributed by atoms with van der Waals surface area (Å²) in [7, 11) is 1.67. The van der Waals surface area contributed by atoms with E-state index in [9.17, 15) is 5.11 Å². The molecule has 0 spiro atoms. The number of benzene rings is 1. The molecule has 0 heterocycles. The summed E-state index contributed by atoms with van der Waals surface area (Å²) in [6, 6.07) is 9.69. The van der Waals surface area contributed by atoms with Crippen molar-refractivity contribution in [1.29, 1.82) is 0 Å². The Labute approximate surface area is 91.9 Å². The highest BCUT2D eigenvalue weighted by atomic mass is 16.5. The molecular weight excluding hydrogens is 188 g/mol. The lowest BCUT2D eigenvalue weighted by atomic mass is 9.86. The fourth-order valence-corrected chi connectivity index (χ4v) is 1.98. The van der Waals surface area contributed by atoms with Crippen LogP contribution in [-0.4, -0.2) is 17.8 Å². The average molecular weight is 208 g/mol. The summed E-state index contributed by atoms with van der Waals surface area (Å²) in [4.78, 5) is 0. The molecule has 0 saturated heterocycles. The molecule has 0 aliphatic rings. The van der Waals surface area contributed by atoms with Gasteiger partial charge in [0.1, 0.15) is 6.10 Å². The van der Waals surface area contributed by atoms with Crippen LogP contribution in [0.25, 0.3) is 0 Å². The molecule has 2 heteroatoms. The van der Waals surface area contributed by atoms with E-state index in [4.69, 9.17) is 4.74 Å². The van der Waals surface area contributed by atoms with Crippen molar-refractivity contribution < 1.29 is 9.84 Å². The van der Waals surface area contributed by atoms with Crippen molar-refractivity contribution in [3.8, 4) is 0 Å². The molecule has 1 unspecified atom stereocenters. The molecule has 2 nitrogen and oxygen atoms in total. The van der Waals surface area contributed by atoms with E-state index >= 15 is 0 Å². The van der Waals surface area contributed by atoms with Crippen molar-refractivity contribution in [2.24, 2.45) is 0 Å². The van der Waals surface area contributed by atoms with Crippen molar-refractivity contribution >= 4 is 0 Å². The first kappa shape index (κ1) is 12.2. The number of methoxy groups -OCH3 is 1. The van der Waals surface area contributed by atoms with Crippen LogP contribution in [0.1, 0.15) is 38.4 Å². The zero-order chi connectivity index (χ0) is 11.3. The van der Waals surface area contributed by atoms with Crippen LogP contribution in [0, 0.1) is 0 Å². The van der Waals surface area contributed by atoms with E-state index in [0.717, 1.165) is 18.4 Å². The van der Waals surface area contributed by atoms with E-state index < -0.39 is 11.7 Å². The van der Waals surface area contributed by atoms with E-state index in [2.05, 4.69) is 0 Å². The molecule has 1 aromatic rings. The summed E-state index contributed by atoms with van der Waals surface area (Å²) in [6.07, 6.45) is 1.05. The van der Waals surface area contributed by atoms with Gasteiger partial charge >= 0.3 is 0 Å². The second kappa shape index (κ2) is 5.29.